The summed E-state index contributed by atoms with van der Waals surface area (Å²) in [6.07, 6.45) is 4.84. The van der Waals surface area contributed by atoms with E-state index in [0.29, 0.717) is 11.4 Å². The van der Waals surface area contributed by atoms with E-state index in [9.17, 15) is 10.1 Å². The number of alkyl halides is 1. The molecule has 0 N–H and O–H groups in total. The normalized spacial score (nSPS) is 19.5. The van der Waals surface area contributed by atoms with E-state index in [-0.39, 0.29) is 10.6 Å². The fraction of sp³-hybridized carbons (Fsp3) is 0.571. The van der Waals surface area contributed by atoms with Gasteiger partial charge in [0, 0.05) is 35.2 Å². The number of anilines is 1. The van der Waals surface area contributed by atoms with Gasteiger partial charge < -0.3 is 4.90 Å². The minimum absolute atomic E-state index is 0.200. The molecule has 1 fully saturated rings. The molecule has 104 valence electrons. The van der Waals surface area contributed by atoms with E-state index in [2.05, 4.69) is 27.8 Å². The van der Waals surface area contributed by atoms with Crippen LogP contribution < -0.4 is 4.90 Å². The van der Waals surface area contributed by atoms with E-state index < -0.39 is 0 Å². The van der Waals surface area contributed by atoms with Crippen LogP contribution in [0.1, 0.15) is 38.2 Å². The predicted molar refractivity (Wildman–Crippen MR) is 81.0 cm³/mol. The van der Waals surface area contributed by atoms with Crippen molar-refractivity contribution < 1.29 is 4.92 Å². The number of halogens is 1. The Morgan fingerprint density at radius 1 is 1.47 bits per heavy atom. The molecule has 19 heavy (non-hydrogen) atoms. The lowest BCUT2D eigenvalue weighted by molar-refractivity contribution is -0.385. The van der Waals surface area contributed by atoms with Crippen molar-refractivity contribution in [3.63, 3.8) is 0 Å². The van der Waals surface area contributed by atoms with Gasteiger partial charge in [0.2, 0.25) is 0 Å². The second-order valence-corrected chi connectivity index (χ2v) is 5.52. The van der Waals surface area contributed by atoms with E-state index in [4.69, 9.17) is 0 Å². The molecule has 1 aromatic rings. The van der Waals surface area contributed by atoms with Gasteiger partial charge in [-0.25, -0.2) is 0 Å². The number of nitrogens with zero attached hydrogens (tertiary/aromatic N) is 2. The minimum Gasteiger partial charge on any atom is -0.369 e. The van der Waals surface area contributed by atoms with Crippen molar-refractivity contribution in [3.05, 3.63) is 33.9 Å². The summed E-state index contributed by atoms with van der Waals surface area (Å²) in [4.78, 5) is 13.1. The zero-order valence-corrected chi connectivity index (χ0v) is 12.7. The molecule has 2 rings (SSSR count). The van der Waals surface area contributed by atoms with Gasteiger partial charge in [-0.1, -0.05) is 22.9 Å². The Morgan fingerprint density at radius 3 is 2.89 bits per heavy atom. The van der Waals surface area contributed by atoms with Crippen LogP contribution >= 0.6 is 15.9 Å². The quantitative estimate of drug-likeness (QED) is 0.472. The van der Waals surface area contributed by atoms with Crippen molar-refractivity contribution in [1.29, 1.82) is 0 Å². The van der Waals surface area contributed by atoms with Gasteiger partial charge in [0.1, 0.15) is 0 Å². The smallest absolute Gasteiger partial charge is 0.273 e. The fourth-order valence-corrected chi connectivity index (χ4v) is 3.25. The highest BCUT2D eigenvalue weighted by atomic mass is 79.9. The predicted octanol–water partition coefficient (Wildman–Crippen LogP) is 4.26. The first-order valence-corrected chi connectivity index (χ1v) is 7.89. The lowest BCUT2D eigenvalue weighted by atomic mass is 9.98. The minimum atomic E-state index is -0.312. The third-order valence-electron chi connectivity index (χ3n) is 3.83. The maximum Gasteiger partial charge on any atom is 0.273 e. The number of nitro benzene ring substituents is 1. The Kier molecular flexibility index (Phi) is 4.80. The zero-order chi connectivity index (χ0) is 13.8. The Balaban J connectivity index is 2.31. The van der Waals surface area contributed by atoms with Crippen LogP contribution in [-0.2, 0) is 5.33 Å². The van der Waals surface area contributed by atoms with Gasteiger partial charge in [0.25, 0.3) is 5.69 Å². The second-order valence-electron chi connectivity index (χ2n) is 4.96. The Morgan fingerprint density at radius 2 is 2.26 bits per heavy atom. The molecule has 1 heterocycles. The summed E-state index contributed by atoms with van der Waals surface area (Å²) in [5.74, 6) is 0. The summed E-state index contributed by atoms with van der Waals surface area (Å²) < 4.78 is 0. The van der Waals surface area contributed by atoms with E-state index in [1.807, 2.05) is 12.1 Å². The number of rotatable bonds is 4. The maximum absolute atomic E-state index is 11.0. The van der Waals surface area contributed by atoms with Gasteiger partial charge in [-0.3, -0.25) is 10.1 Å². The SMILES string of the molecule is CCC1CCCCN1c1ccc([N+](=O)[O-])c(CBr)c1. The van der Waals surface area contributed by atoms with Gasteiger partial charge in [-0.2, -0.15) is 0 Å². The first-order valence-electron chi connectivity index (χ1n) is 6.77. The summed E-state index contributed by atoms with van der Waals surface area (Å²) in [6, 6.07) is 6.05. The van der Waals surface area contributed by atoms with Crippen LogP contribution in [0.2, 0.25) is 0 Å². The average Bonchev–Trinajstić information content (AvgIpc) is 2.46. The molecule has 1 unspecified atom stereocenters. The van der Waals surface area contributed by atoms with Gasteiger partial charge in [0.05, 0.1) is 4.92 Å². The van der Waals surface area contributed by atoms with Crippen LogP contribution in [0.3, 0.4) is 0 Å². The molecule has 0 spiro atoms. The topological polar surface area (TPSA) is 46.4 Å². The van der Waals surface area contributed by atoms with E-state index in [1.165, 1.54) is 19.3 Å². The molecule has 1 atom stereocenters. The van der Waals surface area contributed by atoms with Gasteiger partial charge >= 0.3 is 0 Å². The number of nitro groups is 1. The van der Waals surface area contributed by atoms with Crippen LogP contribution in [0.5, 0.6) is 0 Å². The molecule has 0 aliphatic carbocycles. The van der Waals surface area contributed by atoms with Crippen molar-refractivity contribution in [2.24, 2.45) is 0 Å². The van der Waals surface area contributed by atoms with Crippen LogP contribution in [0.15, 0.2) is 18.2 Å². The van der Waals surface area contributed by atoms with Crippen molar-refractivity contribution >= 4 is 27.3 Å². The lowest BCUT2D eigenvalue weighted by Gasteiger charge is -2.37. The molecule has 5 heteroatoms. The Hall–Kier alpha value is -1.10. The van der Waals surface area contributed by atoms with E-state index in [0.717, 1.165) is 24.2 Å². The lowest BCUT2D eigenvalue weighted by Crippen LogP contribution is -2.39. The molecular formula is C14H19BrN2O2. The highest BCUT2D eigenvalue weighted by Crippen LogP contribution is 2.31. The van der Waals surface area contributed by atoms with Gasteiger partial charge in [-0.15, -0.1) is 0 Å². The summed E-state index contributed by atoms with van der Waals surface area (Å²) in [6.45, 7) is 3.26. The molecular weight excluding hydrogens is 308 g/mol. The van der Waals surface area contributed by atoms with Crippen LogP contribution in [0.4, 0.5) is 11.4 Å². The molecule has 0 aromatic heterocycles. The maximum atomic E-state index is 11.0. The van der Waals surface area contributed by atoms with E-state index in [1.54, 1.807) is 6.07 Å². The molecule has 1 aliphatic rings. The first-order chi connectivity index (χ1) is 9.17. The summed E-state index contributed by atoms with van der Waals surface area (Å²) in [5.41, 5.74) is 2.07. The van der Waals surface area contributed by atoms with Crippen LogP contribution in [0.25, 0.3) is 0 Å². The van der Waals surface area contributed by atoms with Crippen LogP contribution in [0, 0.1) is 10.1 Å². The molecule has 1 aromatic carbocycles. The largest absolute Gasteiger partial charge is 0.369 e. The summed E-state index contributed by atoms with van der Waals surface area (Å²) in [5, 5.41) is 11.5. The fourth-order valence-electron chi connectivity index (χ4n) is 2.80. The molecule has 1 aliphatic heterocycles. The molecule has 4 nitrogen and oxygen atoms in total. The highest BCUT2D eigenvalue weighted by molar-refractivity contribution is 9.08. The molecule has 1 saturated heterocycles. The zero-order valence-electron chi connectivity index (χ0n) is 11.1. The highest BCUT2D eigenvalue weighted by Gasteiger charge is 2.23. The Labute approximate surface area is 122 Å². The average molecular weight is 327 g/mol. The number of benzene rings is 1. The number of hydrogen-bond acceptors (Lipinski definition) is 3. The van der Waals surface area contributed by atoms with Crippen molar-refractivity contribution in [2.45, 2.75) is 44.0 Å². The van der Waals surface area contributed by atoms with Gasteiger partial charge in [-0.05, 0) is 37.8 Å². The number of piperidine rings is 1. The van der Waals surface area contributed by atoms with Crippen molar-refractivity contribution in [1.82, 2.24) is 0 Å². The third kappa shape index (κ3) is 3.08. The summed E-state index contributed by atoms with van der Waals surface area (Å²) in [7, 11) is 0. The summed E-state index contributed by atoms with van der Waals surface area (Å²) >= 11 is 3.34. The first kappa shape index (κ1) is 14.3. The van der Waals surface area contributed by atoms with E-state index >= 15 is 0 Å². The monoisotopic (exact) mass is 326 g/mol. The van der Waals surface area contributed by atoms with Crippen molar-refractivity contribution in [3.8, 4) is 0 Å². The van der Waals surface area contributed by atoms with Crippen molar-refractivity contribution in [2.75, 3.05) is 11.4 Å². The third-order valence-corrected chi connectivity index (χ3v) is 4.44. The standard InChI is InChI=1S/C14H19BrN2O2/c1-2-12-5-3-4-8-16(12)13-6-7-14(17(18)19)11(9-13)10-15/h6-7,9,12H,2-5,8,10H2,1H3. The molecule has 0 radical (unpaired) electrons. The molecule has 0 bridgehead atoms. The molecule has 0 saturated carbocycles. The van der Waals surface area contributed by atoms with Gasteiger partial charge in [0.15, 0.2) is 0 Å². The Bertz CT molecular complexity index is 465. The van der Waals surface area contributed by atoms with Crippen LogP contribution in [-0.4, -0.2) is 17.5 Å². The number of hydrogen-bond donors (Lipinski definition) is 0. The second kappa shape index (κ2) is 6.37. The molecule has 0 amide bonds.